The van der Waals surface area contributed by atoms with Crippen molar-refractivity contribution in [2.45, 2.75) is 26.7 Å². The van der Waals surface area contributed by atoms with Gasteiger partial charge >= 0.3 is 0 Å². The first-order valence-corrected chi connectivity index (χ1v) is 10.2. The molecule has 0 aliphatic rings. The summed E-state index contributed by atoms with van der Waals surface area (Å²) in [4.78, 5) is 25.1. The van der Waals surface area contributed by atoms with E-state index in [0.717, 1.165) is 27.4 Å². The molecule has 31 heavy (non-hydrogen) atoms. The van der Waals surface area contributed by atoms with Crippen molar-refractivity contribution >= 4 is 56.9 Å². The van der Waals surface area contributed by atoms with Gasteiger partial charge in [-0.3, -0.25) is 19.8 Å². The molecule has 4 aromatic rings. The van der Waals surface area contributed by atoms with Gasteiger partial charge in [0.2, 0.25) is 5.91 Å². The molecule has 0 aliphatic carbocycles. The van der Waals surface area contributed by atoms with Gasteiger partial charge in [0.1, 0.15) is 0 Å². The summed E-state index contributed by atoms with van der Waals surface area (Å²) < 4.78 is 0. The Bertz CT molecular complexity index is 1320. The van der Waals surface area contributed by atoms with Crippen LogP contribution < -0.4 is 10.6 Å². The van der Waals surface area contributed by atoms with Crippen LogP contribution in [-0.2, 0) is 9.59 Å². The number of nitrogens with zero attached hydrogens (tertiary/aromatic N) is 2. The fraction of sp³-hybridized carbons (Fsp3) is 0.182. The van der Waals surface area contributed by atoms with E-state index < -0.39 is 0 Å². The maximum absolute atomic E-state index is 12.7. The lowest BCUT2D eigenvalue weighted by Crippen LogP contribution is -2.18. The fourth-order valence-corrected chi connectivity index (χ4v) is 3.50. The largest absolute Gasteiger partial charge is 0.309 e. The summed E-state index contributed by atoms with van der Waals surface area (Å²) in [5.74, 6) is 0.372. The maximum atomic E-state index is 12.7. The third-order valence-corrected chi connectivity index (χ3v) is 5.23. The highest BCUT2D eigenvalue weighted by Gasteiger charge is 2.16. The SMILES string of the molecule is C/C=C(\CCC(=O)Nc1n[nH]c2cc(Cl)ccc12)C(=O)Nc1n[nH]c2ccc(C)cc12. The van der Waals surface area contributed by atoms with E-state index in [4.69, 9.17) is 11.6 Å². The summed E-state index contributed by atoms with van der Waals surface area (Å²) in [5.41, 5.74) is 3.14. The lowest BCUT2D eigenvalue weighted by atomic mass is 10.1. The van der Waals surface area contributed by atoms with Crippen molar-refractivity contribution in [2.75, 3.05) is 10.6 Å². The van der Waals surface area contributed by atoms with Gasteiger partial charge in [0, 0.05) is 27.8 Å². The molecule has 2 amide bonds. The lowest BCUT2D eigenvalue weighted by molar-refractivity contribution is -0.116. The molecule has 4 N–H and O–H groups in total. The first-order valence-electron chi connectivity index (χ1n) is 9.79. The molecule has 2 aromatic carbocycles. The summed E-state index contributed by atoms with van der Waals surface area (Å²) in [6, 6.07) is 11.1. The number of carbonyl (C=O) groups excluding carboxylic acids is 2. The topological polar surface area (TPSA) is 116 Å². The van der Waals surface area contributed by atoms with Crippen LogP contribution in [0.25, 0.3) is 21.8 Å². The zero-order chi connectivity index (χ0) is 22.0. The number of fused-ring (bicyclic) bond motifs is 2. The van der Waals surface area contributed by atoms with E-state index in [9.17, 15) is 9.59 Å². The van der Waals surface area contributed by atoms with Crippen LogP contribution in [0.3, 0.4) is 0 Å². The zero-order valence-corrected chi connectivity index (χ0v) is 17.8. The van der Waals surface area contributed by atoms with E-state index in [2.05, 4.69) is 31.0 Å². The van der Waals surface area contributed by atoms with Crippen molar-refractivity contribution < 1.29 is 9.59 Å². The minimum absolute atomic E-state index is 0.134. The Kier molecular flexibility index (Phi) is 5.73. The number of halogens is 1. The Morgan fingerprint density at radius 1 is 0.968 bits per heavy atom. The number of aryl methyl sites for hydroxylation is 1. The molecule has 2 heterocycles. The summed E-state index contributed by atoms with van der Waals surface area (Å²) in [6.07, 6.45) is 2.12. The molecule has 0 spiro atoms. The number of amides is 2. The number of aromatic amines is 2. The predicted molar refractivity (Wildman–Crippen MR) is 122 cm³/mol. The summed E-state index contributed by atoms with van der Waals surface area (Å²) in [7, 11) is 0. The van der Waals surface area contributed by atoms with Crippen molar-refractivity contribution in [3.8, 4) is 0 Å². The minimum atomic E-state index is -0.287. The van der Waals surface area contributed by atoms with E-state index >= 15 is 0 Å². The molecule has 0 saturated heterocycles. The minimum Gasteiger partial charge on any atom is -0.309 e. The van der Waals surface area contributed by atoms with Crippen LogP contribution in [0.1, 0.15) is 25.3 Å². The molecule has 0 radical (unpaired) electrons. The Hall–Kier alpha value is -3.65. The summed E-state index contributed by atoms with van der Waals surface area (Å²) in [6.45, 7) is 3.75. The molecule has 158 valence electrons. The average Bonchev–Trinajstić information content (AvgIpc) is 3.32. The van der Waals surface area contributed by atoms with Gasteiger partial charge < -0.3 is 10.6 Å². The van der Waals surface area contributed by atoms with Gasteiger partial charge in [-0.2, -0.15) is 10.2 Å². The van der Waals surface area contributed by atoms with Gasteiger partial charge in [-0.05, 0) is 50.6 Å². The van der Waals surface area contributed by atoms with Gasteiger partial charge in [-0.15, -0.1) is 0 Å². The molecular weight excluding hydrogens is 416 g/mol. The quantitative estimate of drug-likeness (QED) is 0.328. The van der Waals surface area contributed by atoms with Crippen molar-refractivity contribution in [1.82, 2.24) is 20.4 Å². The van der Waals surface area contributed by atoms with Crippen molar-refractivity contribution in [1.29, 1.82) is 0 Å². The first-order chi connectivity index (χ1) is 14.9. The number of nitrogens with one attached hydrogen (secondary N) is 4. The second-order valence-corrected chi connectivity index (χ2v) is 7.64. The van der Waals surface area contributed by atoms with Crippen molar-refractivity contribution in [3.63, 3.8) is 0 Å². The van der Waals surface area contributed by atoms with Gasteiger partial charge in [0.25, 0.3) is 5.91 Å². The lowest BCUT2D eigenvalue weighted by Gasteiger charge is -2.08. The number of H-pyrrole nitrogens is 2. The van der Waals surface area contributed by atoms with E-state index in [1.807, 2.05) is 25.1 Å². The molecule has 0 bridgehead atoms. The van der Waals surface area contributed by atoms with Crippen LogP contribution in [-0.4, -0.2) is 32.2 Å². The Labute approximate surface area is 183 Å². The van der Waals surface area contributed by atoms with Gasteiger partial charge in [0.05, 0.1) is 11.0 Å². The van der Waals surface area contributed by atoms with Crippen LogP contribution in [0, 0.1) is 6.92 Å². The molecule has 4 rings (SSSR count). The number of allylic oxidation sites excluding steroid dienone is 1. The number of aromatic nitrogens is 4. The standard InChI is InChI=1S/C22H21ClN6O2/c1-3-13(22(31)25-21-16-10-12(2)4-8-17(16)26-29-21)5-9-19(30)24-20-15-7-6-14(23)11-18(15)27-28-20/h3-4,6-8,10-11H,5,9H2,1-2H3,(H2,24,27,28,30)(H2,25,26,29,31)/b13-3+. The fourth-order valence-electron chi connectivity index (χ4n) is 3.33. The Morgan fingerprint density at radius 2 is 1.71 bits per heavy atom. The molecule has 0 atom stereocenters. The van der Waals surface area contributed by atoms with Gasteiger partial charge in [-0.1, -0.05) is 29.3 Å². The number of carbonyl (C=O) groups is 2. The molecule has 8 nitrogen and oxygen atoms in total. The van der Waals surface area contributed by atoms with Crippen LogP contribution in [0.4, 0.5) is 11.6 Å². The average molecular weight is 437 g/mol. The number of rotatable bonds is 6. The van der Waals surface area contributed by atoms with Gasteiger partial charge in [-0.25, -0.2) is 0 Å². The third-order valence-electron chi connectivity index (χ3n) is 4.99. The van der Waals surface area contributed by atoms with Crippen LogP contribution in [0.15, 0.2) is 48.0 Å². The molecule has 9 heteroatoms. The number of anilines is 2. The maximum Gasteiger partial charge on any atom is 0.252 e. The smallest absolute Gasteiger partial charge is 0.252 e. The van der Waals surface area contributed by atoms with Gasteiger partial charge in [0.15, 0.2) is 11.6 Å². The molecule has 0 saturated carbocycles. The summed E-state index contributed by atoms with van der Waals surface area (Å²) in [5, 5.41) is 21.8. The number of hydrogen-bond donors (Lipinski definition) is 4. The highest BCUT2D eigenvalue weighted by Crippen LogP contribution is 2.24. The van der Waals surface area contributed by atoms with E-state index in [1.54, 1.807) is 31.2 Å². The molecule has 0 aliphatic heterocycles. The highest BCUT2D eigenvalue weighted by atomic mass is 35.5. The van der Waals surface area contributed by atoms with Crippen molar-refractivity contribution in [2.24, 2.45) is 0 Å². The molecule has 2 aromatic heterocycles. The predicted octanol–water partition coefficient (Wildman–Crippen LogP) is 4.70. The third kappa shape index (κ3) is 4.44. The van der Waals surface area contributed by atoms with E-state index in [1.165, 1.54) is 0 Å². The van der Waals surface area contributed by atoms with E-state index in [-0.39, 0.29) is 24.7 Å². The second-order valence-electron chi connectivity index (χ2n) is 7.20. The number of benzene rings is 2. The molecule has 0 unspecified atom stereocenters. The molecular formula is C22H21ClN6O2. The normalized spacial score (nSPS) is 11.8. The zero-order valence-electron chi connectivity index (χ0n) is 17.0. The second kappa shape index (κ2) is 8.61. The Balaban J connectivity index is 1.38. The van der Waals surface area contributed by atoms with Crippen molar-refractivity contribution in [3.05, 3.63) is 58.6 Å². The van der Waals surface area contributed by atoms with Crippen LogP contribution in [0.2, 0.25) is 5.02 Å². The first kappa shape index (κ1) is 20.6. The highest BCUT2D eigenvalue weighted by molar-refractivity contribution is 6.31. The monoisotopic (exact) mass is 436 g/mol. The number of hydrogen-bond acceptors (Lipinski definition) is 4. The summed E-state index contributed by atoms with van der Waals surface area (Å²) >= 11 is 5.97. The van der Waals surface area contributed by atoms with Crippen LogP contribution >= 0.6 is 11.6 Å². The molecule has 0 fully saturated rings. The Morgan fingerprint density at radius 3 is 2.48 bits per heavy atom. The van der Waals surface area contributed by atoms with Crippen LogP contribution in [0.5, 0.6) is 0 Å². The van der Waals surface area contributed by atoms with E-state index in [0.29, 0.717) is 22.2 Å².